The number of hydrogen-bond donors (Lipinski definition) is 1. The van der Waals surface area contributed by atoms with E-state index in [1.165, 1.54) is 11.3 Å². The Kier molecular flexibility index (Phi) is 13.8. The lowest BCUT2D eigenvalue weighted by atomic mass is 9.98. The van der Waals surface area contributed by atoms with E-state index in [0.717, 1.165) is 47.7 Å². The number of carboxylic acids is 1. The summed E-state index contributed by atoms with van der Waals surface area (Å²) in [5.41, 5.74) is 0.766. The Morgan fingerprint density at radius 2 is 1.21 bits per heavy atom. The van der Waals surface area contributed by atoms with E-state index < -0.39 is 17.2 Å². The molecule has 2 fully saturated rings. The number of ether oxygens (including phenoxy) is 2. The van der Waals surface area contributed by atoms with Crippen LogP contribution in [0.15, 0.2) is 41.1 Å². The summed E-state index contributed by atoms with van der Waals surface area (Å²) in [6, 6.07) is 10.1. The van der Waals surface area contributed by atoms with Gasteiger partial charge in [0.25, 0.3) is 5.91 Å². The fourth-order valence-corrected chi connectivity index (χ4v) is 8.08. The molecule has 2 aliphatic rings. The molecule has 2 aliphatic heterocycles. The minimum atomic E-state index is -0.997. The van der Waals surface area contributed by atoms with Crippen molar-refractivity contribution in [3.05, 3.63) is 68.1 Å². The Morgan fingerprint density at radius 3 is 1.60 bits per heavy atom. The summed E-state index contributed by atoms with van der Waals surface area (Å²) in [5, 5.41) is 14.2. The van der Waals surface area contributed by atoms with Crippen molar-refractivity contribution in [2.45, 2.75) is 110 Å². The third kappa shape index (κ3) is 11.5. The molecule has 0 saturated carbocycles. The van der Waals surface area contributed by atoms with E-state index in [-0.39, 0.29) is 41.7 Å². The van der Waals surface area contributed by atoms with Crippen molar-refractivity contribution in [3.8, 4) is 0 Å². The Labute approximate surface area is 315 Å². The molecule has 14 heteroatoms. The number of amides is 3. The van der Waals surface area contributed by atoms with Crippen LogP contribution >= 0.6 is 22.7 Å². The maximum Gasteiger partial charge on any atom is 0.410 e. The Morgan fingerprint density at radius 1 is 0.788 bits per heavy atom. The molecule has 0 spiro atoms. The number of aromatic nitrogens is 2. The summed E-state index contributed by atoms with van der Waals surface area (Å²) in [4.78, 5) is 62.3. The molecule has 2 saturated heterocycles. The zero-order valence-corrected chi connectivity index (χ0v) is 33.2. The van der Waals surface area contributed by atoms with Gasteiger partial charge in [-0.25, -0.2) is 24.4 Å². The summed E-state index contributed by atoms with van der Waals surface area (Å²) in [7, 11) is 1.85. The number of carbonyl (C=O) groups is 4. The Hall–Kier alpha value is -4.04. The average molecular weight is 756 g/mol. The fraction of sp³-hybridized carbons (Fsp3) is 0.579. The number of rotatable bonds is 7. The molecule has 12 nitrogen and oxygen atoms in total. The first kappa shape index (κ1) is 40.7. The lowest BCUT2D eigenvalue weighted by Gasteiger charge is -2.32. The lowest BCUT2D eigenvalue weighted by molar-refractivity contribution is 0.0194. The topological polar surface area (TPSA) is 142 Å². The molecule has 1 aromatic carbocycles. The van der Waals surface area contributed by atoms with E-state index >= 15 is 0 Å². The highest BCUT2D eigenvalue weighted by molar-refractivity contribution is 7.10. The third-order valence-electron chi connectivity index (χ3n) is 8.83. The number of thiazole rings is 2. The van der Waals surface area contributed by atoms with E-state index in [1.807, 2.05) is 72.2 Å². The molecular formula is C38H53N5O7S2. The van der Waals surface area contributed by atoms with Gasteiger partial charge in [0, 0.05) is 55.8 Å². The van der Waals surface area contributed by atoms with Gasteiger partial charge in [-0.3, -0.25) is 4.79 Å². The highest BCUT2D eigenvalue weighted by atomic mass is 32.1. The van der Waals surface area contributed by atoms with Crippen LogP contribution in [-0.2, 0) is 9.47 Å². The van der Waals surface area contributed by atoms with E-state index in [9.17, 15) is 19.2 Å². The van der Waals surface area contributed by atoms with Crippen LogP contribution in [0.25, 0.3) is 0 Å². The monoisotopic (exact) mass is 755 g/mol. The van der Waals surface area contributed by atoms with Gasteiger partial charge in [0.15, 0.2) is 5.69 Å². The smallest absolute Gasteiger partial charge is 0.410 e. The highest BCUT2D eigenvalue weighted by Crippen LogP contribution is 2.33. The summed E-state index contributed by atoms with van der Waals surface area (Å²) >= 11 is 2.92. The van der Waals surface area contributed by atoms with Gasteiger partial charge in [0.2, 0.25) is 0 Å². The number of benzene rings is 1. The van der Waals surface area contributed by atoms with Crippen LogP contribution in [0.3, 0.4) is 0 Å². The highest BCUT2D eigenvalue weighted by Gasteiger charge is 2.31. The van der Waals surface area contributed by atoms with E-state index in [0.29, 0.717) is 31.9 Å². The minimum absolute atomic E-state index is 0.0240. The number of carbonyl (C=O) groups excluding carboxylic acids is 3. The quantitative estimate of drug-likeness (QED) is 0.251. The molecule has 52 heavy (non-hydrogen) atoms. The van der Waals surface area contributed by atoms with Gasteiger partial charge in [-0.05, 0) is 79.2 Å². The van der Waals surface area contributed by atoms with Gasteiger partial charge in [-0.15, -0.1) is 22.7 Å². The zero-order chi connectivity index (χ0) is 38.2. The van der Waals surface area contributed by atoms with Gasteiger partial charge in [-0.1, -0.05) is 37.3 Å². The second-order valence-corrected chi connectivity index (χ2v) is 17.0. The maximum atomic E-state index is 13.1. The number of nitrogens with zero attached hydrogens (tertiary/aromatic N) is 5. The molecule has 0 radical (unpaired) electrons. The molecule has 5 rings (SSSR count). The van der Waals surface area contributed by atoms with Crippen LogP contribution in [0.4, 0.5) is 9.59 Å². The van der Waals surface area contributed by atoms with Crippen LogP contribution in [-0.4, -0.2) is 98.3 Å². The summed E-state index contributed by atoms with van der Waals surface area (Å²) in [6.45, 7) is 15.8. The number of aromatic carboxylic acids is 1. The Balaban J connectivity index is 0.000000251. The predicted molar refractivity (Wildman–Crippen MR) is 202 cm³/mol. The fourth-order valence-electron chi connectivity index (χ4n) is 6.15. The van der Waals surface area contributed by atoms with E-state index in [4.69, 9.17) is 14.6 Å². The van der Waals surface area contributed by atoms with E-state index in [2.05, 4.69) is 29.0 Å². The first-order chi connectivity index (χ1) is 24.5. The van der Waals surface area contributed by atoms with Gasteiger partial charge < -0.3 is 29.3 Å². The van der Waals surface area contributed by atoms with E-state index in [1.54, 1.807) is 31.4 Å². The van der Waals surface area contributed by atoms with Crippen molar-refractivity contribution in [3.63, 3.8) is 0 Å². The molecule has 3 aromatic rings. The third-order valence-corrected chi connectivity index (χ3v) is 10.8. The molecule has 3 amide bonds. The van der Waals surface area contributed by atoms with Crippen LogP contribution in [0, 0.1) is 0 Å². The number of piperidine rings is 2. The van der Waals surface area contributed by atoms with Crippen molar-refractivity contribution in [2.75, 3.05) is 33.2 Å². The maximum absolute atomic E-state index is 13.1. The molecule has 4 heterocycles. The number of likely N-dealkylation sites (tertiary alicyclic amines) is 2. The Bertz CT molecular complexity index is 1650. The molecular weight excluding hydrogens is 703 g/mol. The van der Waals surface area contributed by atoms with Crippen molar-refractivity contribution in [2.24, 2.45) is 0 Å². The van der Waals surface area contributed by atoms with Gasteiger partial charge in [-0.2, -0.15) is 0 Å². The van der Waals surface area contributed by atoms with Gasteiger partial charge >= 0.3 is 18.2 Å². The van der Waals surface area contributed by atoms with Crippen molar-refractivity contribution >= 4 is 46.7 Å². The van der Waals surface area contributed by atoms with Crippen LogP contribution in [0.5, 0.6) is 0 Å². The second-order valence-electron chi connectivity index (χ2n) is 15.2. The summed E-state index contributed by atoms with van der Waals surface area (Å²) < 4.78 is 10.8. The van der Waals surface area contributed by atoms with Crippen molar-refractivity contribution < 1.29 is 33.8 Å². The average Bonchev–Trinajstić information content (AvgIpc) is 3.79. The van der Waals surface area contributed by atoms with Crippen molar-refractivity contribution in [1.82, 2.24) is 24.7 Å². The first-order valence-corrected chi connectivity index (χ1v) is 19.6. The molecule has 1 atom stereocenters. The number of hydrogen-bond acceptors (Lipinski definition) is 10. The predicted octanol–water partition coefficient (Wildman–Crippen LogP) is 8.44. The van der Waals surface area contributed by atoms with Crippen LogP contribution < -0.4 is 0 Å². The van der Waals surface area contributed by atoms with Gasteiger partial charge in [0.1, 0.15) is 16.9 Å². The van der Waals surface area contributed by atoms with Crippen LogP contribution in [0.1, 0.15) is 135 Å². The second kappa shape index (κ2) is 17.7. The van der Waals surface area contributed by atoms with Gasteiger partial charge in [0.05, 0.1) is 16.1 Å². The SMILES string of the molecule is CC(C)(C)OC(=O)N1CCC(c2nc(C(=O)O)cs2)CC1.CC[C@H](c1ccccc1)N(C)C(=O)c1csc(C2CCN(C(=O)OC(C)(C)C)CC2)n1. The summed E-state index contributed by atoms with van der Waals surface area (Å²) in [5.74, 6) is -0.554. The first-order valence-electron chi connectivity index (χ1n) is 17.9. The summed E-state index contributed by atoms with van der Waals surface area (Å²) in [6.07, 6.45) is 3.53. The zero-order valence-electron chi connectivity index (χ0n) is 31.6. The largest absolute Gasteiger partial charge is 0.476 e. The van der Waals surface area contributed by atoms with Crippen LogP contribution in [0.2, 0.25) is 0 Å². The molecule has 1 N–H and O–H groups in total. The molecule has 2 aromatic heterocycles. The lowest BCUT2D eigenvalue weighted by Crippen LogP contribution is -2.41. The molecule has 0 bridgehead atoms. The normalized spacial score (nSPS) is 16.4. The molecule has 284 valence electrons. The molecule has 0 unspecified atom stereocenters. The molecule has 0 aliphatic carbocycles. The number of carboxylic acid groups (broad SMARTS) is 1. The van der Waals surface area contributed by atoms with Crippen molar-refractivity contribution in [1.29, 1.82) is 0 Å². The standard InChI is InChI=1S/C24H33N3O3S.C14H20N2O4S/c1-6-20(17-10-8-7-9-11-17)26(5)22(28)19-16-31-21(25-19)18-12-14-27(15-13-18)23(29)30-24(2,3)4;1-14(2,3)20-13(19)16-6-4-9(5-7-16)11-15-10(8-21-11)12(17)18/h7-11,16,18,20H,6,12-15H2,1-5H3;8-9H,4-7H2,1-3H3,(H,17,18)/t20-;/m1./s1. The minimum Gasteiger partial charge on any atom is -0.476 e.